The van der Waals surface area contributed by atoms with Crippen molar-refractivity contribution < 1.29 is 9.90 Å². The molecule has 1 N–H and O–H groups in total. The molecule has 0 fully saturated rings. The van der Waals surface area contributed by atoms with Crippen LogP contribution in [0.1, 0.15) is 22.5 Å². The molecule has 0 bridgehead atoms. The second kappa shape index (κ2) is 5.23. The molecule has 0 saturated carbocycles. The third kappa shape index (κ3) is 3.60. The molecular formula is C10H16N2O2S. The van der Waals surface area contributed by atoms with E-state index in [2.05, 4.69) is 4.98 Å². The van der Waals surface area contributed by atoms with Crippen molar-refractivity contribution in [1.82, 2.24) is 9.88 Å². The largest absolute Gasteiger partial charge is 0.480 e. The Hall–Kier alpha value is -0.940. The first-order chi connectivity index (χ1) is 7.02. The van der Waals surface area contributed by atoms with Crippen LogP contribution < -0.4 is 0 Å². The molecule has 0 aliphatic rings. The number of carbonyl (C=O) groups is 1. The highest BCUT2D eigenvalue weighted by Gasteiger charge is 2.12. The first kappa shape index (κ1) is 12.1. The number of aryl methyl sites for hydroxylation is 2. The molecule has 1 rings (SSSR count). The molecule has 0 amide bonds. The minimum atomic E-state index is -0.782. The van der Waals surface area contributed by atoms with E-state index in [0.717, 1.165) is 22.1 Å². The van der Waals surface area contributed by atoms with Crippen molar-refractivity contribution in [3.05, 3.63) is 15.6 Å². The van der Waals surface area contributed by atoms with Gasteiger partial charge in [0.1, 0.15) is 0 Å². The van der Waals surface area contributed by atoms with Gasteiger partial charge in [-0.15, -0.1) is 11.3 Å². The highest BCUT2D eigenvalue weighted by Crippen LogP contribution is 2.18. The molecule has 15 heavy (non-hydrogen) atoms. The predicted molar refractivity (Wildman–Crippen MR) is 60.2 cm³/mol. The average Bonchev–Trinajstić information content (AvgIpc) is 2.43. The fourth-order valence-electron chi connectivity index (χ4n) is 1.39. The van der Waals surface area contributed by atoms with Crippen LogP contribution in [0.3, 0.4) is 0 Å². The van der Waals surface area contributed by atoms with Crippen molar-refractivity contribution in [3.63, 3.8) is 0 Å². The highest BCUT2D eigenvalue weighted by molar-refractivity contribution is 7.11. The van der Waals surface area contributed by atoms with E-state index in [0.29, 0.717) is 6.54 Å². The summed E-state index contributed by atoms with van der Waals surface area (Å²) in [5.41, 5.74) is 1.02. The van der Waals surface area contributed by atoms with Gasteiger partial charge < -0.3 is 5.11 Å². The van der Waals surface area contributed by atoms with Crippen LogP contribution in [0.4, 0.5) is 0 Å². The summed E-state index contributed by atoms with van der Waals surface area (Å²) >= 11 is 1.64. The van der Waals surface area contributed by atoms with Gasteiger partial charge in [-0.25, -0.2) is 4.98 Å². The average molecular weight is 228 g/mol. The van der Waals surface area contributed by atoms with Crippen molar-refractivity contribution >= 4 is 17.3 Å². The van der Waals surface area contributed by atoms with E-state index in [1.54, 1.807) is 11.3 Å². The first-order valence-electron chi connectivity index (χ1n) is 4.90. The Morgan fingerprint density at radius 1 is 1.53 bits per heavy atom. The molecular weight excluding hydrogens is 212 g/mol. The van der Waals surface area contributed by atoms with Crippen LogP contribution in [0.2, 0.25) is 0 Å². The number of nitrogens with zero attached hydrogens (tertiary/aromatic N) is 2. The molecule has 1 aromatic heterocycles. The summed E-state index contributed by atoms with van der Waals surface area (Å²) in [5.74, 6) is -0.782. The monoisotopic (exact) mass is 228 g/mol. The van der Waals surface area contributed by atoms with E-state index >= 15 is 0 Å². The summed E-state index contributed by atoms with van der Waals surface area (Å²) in [6.07, 6.45) is 0. The molecule has 84 valence electrons. The van der Waals surface area contributed by atoms with Crippen LogP contribution in [0.5, 0.6) is 0 Å². The van der Waals surface area contributed by atoms with Gasteiger partial charge in [-0.3, -0.25) is 9.69 Å². The lowest BCUT2D eigenvalue weighted by atomic mass is 10.3. The van der Waals surface area contributed by atoms with Crippen LogP contribution in [0.25, 0.3) is 0 Å². The highest BCUT2D eigenvalue weighted by atomic mass is 32.1. The number of thiazole rings is 1. The molecule has 0 atom stereocenters. The summed E-state index contributed by atoms with van der Waals surface area (Å²) in [5, 5.41) is 9.75. The van der Waals surface area contributed by atoms with Gasteiger partial charge in [-0.05, 0) is 20.4 Å². The number of carboxylic acid groups (broad SMARTS) is 1. The van der Waals surface area contributed by atoms with Crippen molar-refractivity contribution in [1.29, 1.82) is 0 Å². The molecule has 4 nitrogen and oxygen atoms in total. The molecule has 0 radical (unpaired) electrons. The second-order valence-electron chi connectivity index (χ2n) is 3.44. The molecule has 0 aromatic carbocycles. The van der Waals surface area contributed by atoms with Crippen molar-refractivity contribution in [2.75, 3.05) is 13.1 Å². The lowest BCUT2D eigenvalue weighted by Gasteiger charge is -2.16. The Morgan fingerprint density at radius 3 is 2.60 bits per heavy atom. The normalized spacial score (nSPS) is 10.9. The van der Waals surface area contributed by atoms with Gasteiger partial charge in [0.15, 0.2) is 0 Å². The molecule has 1 aromatic rings. The fraction of sp³-hybridized carbons (Fsp3) is 0.600. The van der Waals surface area contributed by atoms with Crippen LogP contribution in [-0.2, 0) is 11.3 Å². The van der Waals surface area contributed by atoms with Crippen LogP contribution in [0, 0.1) is 13.8 Å². The van der Waals surface area contributed by atoms with E-state index in [1.165, 1.54) is 0 Å². The number of hydrogen-bond acceptors (Lipinski definition) is 4. The van der Waals surface area contributed by atoms with Crippen LogP contribution in [0.15, 0.2) is 0 Å². The molecule has 0 unspecified atom stereocenters. The Bertz CT molecular complexity index is 349. The predicted octanol–water partition coefficient (Wildman–Crippen LogP) is 1.67. The molecule has 1 heterocycles. The van der Waals surface area contributed by atoms with Crippen molar-refractivity contribution in [2.24, 2.45) is 0 Å². The summed E-state index contributed by atoms with van der Waals surface area (Å²) in [7, 11) is 0. The van der Waals surface area contributed by atoms with E-state index in [9.17, 15) is 4.79 Å². The van der Waals surface area contributed by atoms with Crippen LogP contribution >= 0.6 is 11.3 Å². The number of aliphatic carboxylic acids is 1. The zero-order chi connectivity index (χ0) is 11.4. The van der Waals surface area contributed by atoms with E-state index in [1.807, 2.05) is 25.7 Å². The third-order valence-electron chi connectivity index (χ3n) is 2.17. The molecule has 0 spiro atoms. The Kier molecular flexibility index (Phi) is 4.23. The number of likely N-dealkylation sites (N-methyl/N-ethyl adjacent to an activating group) is 1. The van der Waals surface area contributed by atoms with Crippen LogP contribution in [-0.4, -0.2) is 34.0 Å². The summed E-state index contributed by atoms with van der Waals surface area (Å²) in [4.78, 5) is 18.0. The maximum atomic E-state index is 10.6. The SMILES string of the molecule is CCN(CC(=O)O)Cc1sc(C)nc1C. The fourth-order valence-corrected chi connectivity index (χ4v) is 2.37. The van der Waals surface area contributed by atoms with Gasteiger partial charge in [-0.1, -0.05) is 6.92 Å². The number of carboxylic acids is 1. The third-order valence-corrected chi connectivity index (χ3v) is 3.23. The summed E-state index contributed by atoms with van der Waals surface area (Å²) in [6.45, 7) is 7.41. The van der Waals surface area contributed by atoms with E-state index in [-0.39, 0.29) is 6.54 Å². The van der Waals surface area contributed by atoms with E-state index < -0.39 is 5.97 Å². The maximum absolute atomic E-state index is 10.6. The lowest BCUT2D eigenvalue weighted by Crippen LogP contribution is -2.28. The van der Waals surface area contributed by atoms with Gasteiger partial charge >= 0.3 is 5.97 Å². The number of hydrogen-bond donors (Lipinski definition) is 1. The molecule has 0 aliphatic heterocycles. The Morgan fingerprint density at radius 2 is 2.20 bits per heavy atom. The standard InChI is InChI=1S/C10H16N2O2S/c1-4-12(6-10(13)14)5-9-7(2)11-8(3)15-9/h4-6H2,1-3H3,(H,13,14). The lowest BCUT2D eigenvalue weighted by molar-refractivity contribution is -0.138. The number of aromatic nitrogens is 1. The second-order valence-corrected chi connectivity index (χ2v) is 4.73. The van der Waals surface area contributed by atoms with E-state index in [4.69, 9.17) is 5.11 Å². The first-order valence-corrected chi connectivity index (χ1v) is 5.71. The summed E-state index contributed by atoms with van der Waals surface area (Å²) < 4.78 is 0. The number of rotatable bonds is 5. The molecule has 5 heteroatoms. The van der Waals surface area contributed by atoms with Gasteiger partial charge in [0, 0.05) is 11.4 Å². The topological polar surface area (TPSA) is 53.4 Å². The van der Waals surface area contributed by atoms with Crippen molar-refractivity contribution in [3.8, 4) is 0 Å². The van der Waals surface area contributed by atoms with Gasteiger partial charge in [-0.2, -0.15) is 0 Å². The van der Waals surface area contributed by atoms with Gasteiger partial charge in [0.05, 0.1) is 17.2 Å². The van der Waals surface area contributed by atoms with Gasteiger partial charge in [0.25, 0.3) is 0 Å². The van der Waals surface area contributed by atoms with Gasteiger partial charge in [0.2, 0.25) is 0 Å². The zero-order valence-corrected chi connectivity index (χ0v) is 10.1. The molecule has 0 saturated heterocycles. The van der Waals surface area contributed by atoms with Crippen molar-refractivity contribution in [2.45, 2.75) is 27.3 Å². The maximum Gasteiger partial charge on any atom is 0.317 e. The summed E-state index contributed by atoms with van der Waals surface area (Å²) in [6, 6.07) is 0. The Balaban J connectivity index is 2.66. The Labute approximate surface area is 93.6 Å². The minimum absolute atomic E-state index is 0.0902. The quantitative estimate of drug-likeness (QED) is 0.833. The minimum Gasteiger partial charge on any atom is -0.480 e. The zero-order valence-electron chi connectivity index (χ0n) is 9.28. The molecule has 0 aliphatic carbocycles. The smallest absolute Gasteiger partial charge is 0.317 e.